The summed E-state index contributed by atoms with van der Waals surface area (Å²) in [6.45, 7) is 6.36. The molecule has 0 aromatic heterocycles. The number of amides is 1. The highest BCUT2D eigenvalue weighted by Gasteiger charge is 2.24. The molecular formula is C14H20NO+. The van der Waals surface area contributed by atoms with E-state index in [0.717, 1.165) is 12.1 Å². The quantitative estimate of drug-likeness (QED) is 0.710. The molecule has 1 aromatic rings. The van der Waals surface area contributed by atoms with Gasteiger partial charge in [0.2, 0.25) is 0 Å². The average molecular weight is 218 g/mol. The minimum Gasteiger partial charge on any atom is -0.262 e. The number of nitrogens with zero attached hydrogens (tertiary/aromatic N) is 1. The monoisotopic (exact) mass is 218 g/mol. The Morgan fingerprint density at radius 2 is 1.88 bits per heavy atom. The SMILES string of the molecule is C=Cc1ccc(C[N+](C)(C)C(=O)CC)cc1. The van der Waals surface area contributed by atoms with Crippen LogP contribution in [0, 0.1) is 0 Å². The van der Waals surface area contributed by atoms with E-state index in [9.17, 15) is 4.79 Å². The lowest BCUT2D eigenvalue weighted by molar-refractivity contribution is -0.827. The predicted molar refractivity (Wildman–Crippen MR) is 67.6 cm³/mol. The molecular weight excluding hydrogens is 198 g/mol. The van der Waals surface area contributed by atoms with Crippen molar-refractivity contribution >= 4 is 12.0 Å². The Hall–Kier alpha value is -1.41. The van der Waals surface area contributed by atoms with E-state index in [0.29, 0.717) is 10.9 Å². The van der Waals surface area contributed by atoms with Crippen molar-refractivity contribution in [1.29, 1.82) is 0 Å². The smallest absolute Gasteiger partial charge is 0.262 e. The van der Waals surface area contributed by atoms with Crippen LogP contribution in [0.1, 0.15) is 24.5 Å². The fourth-order valence-corrected chi connectivity index (χ4v) is 1.73. The lowest BCUT2D eigenvalue weighted by Crippen LogP contribution is -2.44. The molecule has 0 aliphatic heterocycles. The van der Waals surface area contributed by atoms with Crippen molar-refractivity contribution in [3.63, 3.8) is 0 Å². The molecule has 0 atom stereocenters. The zero-order valence-electron chi connectivity index (χ0n) is 10.4. The molecule has 0 aliphatic carbocycles. The summed E-state index contributed by atoms with van der Waals surface area (Å²) in [5.74, 6) is 0.257. The maximum Gasteiger partial charge on any atom is 0.313 e. The van der Waals surface area contributed by atoms with Crippen LogP contribution in [0.3, 0.4) is 0 Å². The van der Waals surface area contributed by atoms with E-state index in [1.54, 1.807) is 0 Å². The van der Waals surface area contributed by atoms with Crippen LogP contribution in [0.2, 0.25) is 0 Å². The van der Waals surface area contributed by atoms with Gasteiger partial charge in [-0.15, -0.1) is 0 Å². The van der Waals surface area contributed by atoms with Crippen LogP contribution in [0.4, 0.5) is 0 Å². The first-order chi connectivity index (χ1) is 7.49. The summed E-state index contributed by atoms with van der Waals surface area (Å²) in [5.41, 5.74) is 2.29. The first kappa shape index (κ1) is 12.7. The molecule has 0 fully saturated rings. The molecule has 2 nitrogen and oxygen atoms in total. The van der Waals surface area contributed by atoms with Gasteiger partial charge in [-0.05, 0) is 5.56 Å². The standard InChI is InChI=1S/C14H20NO/c1-5-12-7-9-13(10-8-12)11-15(3,4)14(16)6-2/h5,7-10H,1,6,11H2,2-4H3/q+1. The molecule has 0 unspecified atom stereocenters. The van der Waals surface area contributed by atoms with Crippen LogP contribution in [-0.2, 0) is 11.3 Å². The number of rotatable bonds is 4. The second-order valence-electron chi connectivity index (χ2n) is 4.54. The fraction of sp³-hybridized carbons (Fsp3) is 0.357. The number of quaternary nitrogens is 1. The van der Waals surface area contributed by atoms with E-state index in [4.69, 9.17) is 0 Å². The van der Waals surface area contributed by atoms with E-state index >= 15 is 0 Å². The van der Waals surface area contributed by atoms with Crippen LogP contribution in [-0.4, -0.2) is 24.5 Å². The van der Waals surface area contributed by atoms with Crippen molar-refractivity contribution < 1.29 is 9.28 Å². The van der Waals surface area contributed by atoms with Gasteiger partial charge in [0.1, 0.15) is 6.54 Å². The number of hydrogen-bond donors (Lipinski definition) is 0. The number of benzene rings is 1. The number of carbonyl (C=O) groups excluding carboxylic acids is 1. The van der Waals surface area contributed by atoms with Gasteiger partial charge in [0.15, 0.2) is 0 Å². The van der Waals surface area contributed by atoms with E-state index < -0.39 is 0 Å². The Bertz CT molecular complexity index is 376. The van der Waals surface area contributed by atoms with Crippen molar-refractivity contribution in [1.82, 2.24) is 0 Å². The predicted octanol–water partition coefficient (Wildman–Crippen LogP) is 2.84. The molecule has 0 bridgehead atoms. The van der Waals surface area contributed by atoms with Crippen molar-refractivity contribution in [3.05, 3.63) is 42.0 Å². The molecule has 0 N–H and O–H groups in total. The Morgan fingerprint density at radius 3 is 2.31 bits per heavy atom. The highest BCUT2D eigenvalue weighted by atomic mass is 16.2. The van der Waals surface area contributed by atoms with Crippen LogP contribution < -0.4 is 0 Å². The molecule has 1 rings (SSSR count). The summed E-state index contributed by atoms with van der Waals surface area (Å²) < 4.78 is 0.407. The lowest BCUT2D eigenvalue weighted by atomic mass is 10.1. The summed E-state index contributed by atoms with van der Waals surface area (Å²) >= 11 is 0. The first-order valence-electron chi connectivity index (χ1n) is 5.57. The molecule has 0 aliphatic rings. The Balaban J connectivity index is 2.79. The zero-order chi connectivity index (χ0) is 12.2. The lowest BCUT2D eigenvalue weighted by Gasteiger charge is -2.26. The van der Waals surface area contributed by atoms with Gasteiger partial charge in [-0.25, -0.2) is 4.79 Å². The molecule has 0 heterocycles. The summed E-state index contributed by atoms with van der Waals surface area (Å²) in [6, 6.07) is 8.16. The topological polar surface area (TPSA) is 17.1 Å². The van der Waals surface area contributed by atoms with Crippen LogP contribution >= 0.6 is 0 Å². The minimum atomic E-state index is 0.257. The van der Waals surface area contributed by atoms with Gasteiger partial charge >= 0.3 is 5.91 Å². The van der Waals surface area contributed by atoms with Gasteiger partial charge in [0, 0.05) is 5.56 Å². The molecule has 1 amide bonds. The van der Waals surface area contributed by atoms with Gasteiger partial charge in [-0.1, -0.05) is 43.8 Å². The maximum atomic E-state index is 11.7. The van der Waals surface area contributed by atoms with Crippen molar-refractivity contribution in [2.24, 2.45) is 0 Å². The van der Waals surface area contributed by atoms with Gasteiger partial charge in [0.25, 0.3) is 0 Å². The molecule has 16 heavy (non-hydrogen) atoms. The maximum absolute atomic E-state index is 11.7. The van der Waals surface area contributed by atoms with Gasteiger partial charge < -0.3 is 0 Å². The number of carbonyl (C=O) groups is 1. The van der Waals surface area contributed by atoms with Crippen LogP contribution in [0.5, 0.6) is 0 Å². The minimum absolute atomic E-state index is 0.257. The molecule has 0 radical (unpaired) electrons. The van der Waals surface area contributed by atoms with Gasteiger partial charge in [0.05, 0.1) is 20.5 Å². The normalized spacial score (nSPS) is 11.2. The second kappa shape index (κ2) is 5.08. The molecule has 0 spiro atoms. The fourth-order valence-electron chi connectivity index (χ4n) is 1.73. The van der Waals surface area contributed by atoms with E-state index in [1.165, 1.54) is 5.56 Å². The van der Waals surface area contributed by atoms with E-state index in [-0.39, 0.29) is 5.91 Å². The van der Waals surface area contributed by atoms with E-state index in [2.05, 4.69) is 18.7 Å². The third-order valence-corrected chi connectivity index (χ3v) is 2.77. The van der Waals surface area contributed by atoms with Crippen molar-refractivity contribution in [2.75, 3.05) is 14.1 Å². The molecule has 2 heteroatoms. The largest absolute Gasteiger partial charge is 0.313 e. The van der Waals surface area contributed by atoms with Gasteiger partial charge in [-0.3, -0.25) is 4.48 Å². The molecule has 86 valence electrons. The summed E-state index contributed by atoms with van der Waals surface area (Å²) in [7, 11) is 3.90. The highest BCUT2D eigenvalue weighted by Crippen LogP contribution is 2.12. The molecule has 0 saturated carbocycles. The van der Waals surface area contributed by atoms with E-state index in [1.807, 2.05) is 39.2 Å². The summed E-state index contributed by atoms with van der Waals surface area (Å²) in [5, 5.41) is 0. The van der Waals surface area contributed by atoms with Gasteiger partial charge in [-0.2, -0.15) is 0 Å². The Morgan fingerprint density at radius 1 is 1.31 bits per heavy atom. The van der Waals surface area contributed by atoms with Crippen molar-refractivity contribution in [2.45, 2.75) is 19.9 Å². The molecule has 1 aromatic carbocycles. The average Bonchev–Trinajstić information content (AvgIpc) is 2.28. The highest BCUT2D eigenvalue weighted by molar-refractivity contribution is 5.68. The Kier molecular flexibility index (Phi) is 4.02. The van der Waals surface area contributed by atoms with Crippen LogP contribution in [0.15, 0.2) is 30.8 Å². The first-order valence-corrected chi connectivity index (χ1v) is 5.57. The number of hydrogen-bond acceptors (Lipinski definition) is 1. The summed E-state index contributed by atoms with van der Waals surface area (Å²) in [4.78, 5) is 11.7. The second-order valence-corrected chi connectivity index (χ2v) is 4.54. The third kappa shape index (κ3) is 3.04. The zero-order valence-corrected chi connectivity index (χ0v) is 10.4. The summed E-state index contributed by atoms with van der Waals surface area (Å²) in [6.07, 6.45) is 2.40. The third-order valence-electron chi connectivity index (χ3n) is 2.77. The Labute approximate surface area is 97.8 Å². The molecule has 0 saturated heterocycles. The van der Waals surface area contributed by atoms with Crippen molar-refractivity contribution in [3.8, 4) is 0 Å². The van der Waals surface area contributed by atoms with Crippen LogP contribution in [0.25, 0.3) is 6.08 Å².